The van der Waals surface area contributed by atoms with Crippen molar-refractivity contribution in [3.05, 3.63) is 35.9 Å². The largest absolute Gasteiger partial charge is 0.357 e. The van der Waals surface area contributed by atoms with E-state index in [1.54, 1.807) is 0 Å². The summed E-state index contributed by atoms with van der Waals surface area (Å²) in [7, 11) is 2.18. The van der Waals surface area contributed by atoms with Gasteiger partial charge < -0.3 is 15.5 Å². The number of nitrogens with one attached hydrogen (secondary N) is 2. The summed E-state index contributed by atoms with van der Waals surface area (Å²) in [4.78, 5) is 21.9. The second kappa shape index (κ2) is 14.1. The van der Waals surface area contributed by atoms with Crippen molar-refractivity contribution < 1.29 is 4.79 Å². The summed E-state index contributed by atoms with van der Waals surface area (Å²) in [5.74, 6) is 1.42. The molecule has 1 aliphatic heterocycles. The minimum Gasteiger partial charge on any atom is -0.357 e. The molecule has 1 aromatic carbocycles. The molecule has 32 heavy (non-hydrogen) atoms. The van der Waals surface area contributed by atoms with E-state index >= 15 is 0 Å². The summed E-state index contributed by atoms with van der Waals surface area (Å²) in [6.45, 7) is 12.9. The van der Waals surface area contributed by atoms with Crippen LogP contribution in [0.2, 0.25) is 0 Å². The monoisotopic (exact) mass is 443 g/mol. The van der Waals surface area contributed by atoms with Gasteiger partial charge in [-0.15, -0.1) is 0 Å². The average Bonchev–Trinajstić information content (AvgIpc) is 2.81. The van der Waals surface area contributed by atoms with Gasteiger partial charge in [0.15, 0.2) is 5.96 Å². The van der Waals surface area contributed by atoms with E-state index in [0.29, 0.717) is 18.0 Å². The highest BCUT2D eigenvalue weighted by Gasteiger charge is 2.26. The Bertz CT molecular complexity index is 681. The normalized spacial score (nSPS) is 16.5. The van der Waals surface area contributed by atoms with Crippen LogP contribution in [0.1, 0.15) is 65.4 Å². The van der Waals surface area contributed by atoms with Crippen LogP contribution in [0.5, 0.6) is 0 Å². The van der Waals surface area contributed by atoms with Gasteiger partial charge in [0.05, 0.1) is 0 Å². The van der Waals surface area contributed by atoms with Gasteiger partial charge in [0.2, 0.25) is 5.91 Å². The van der Waals surface area contributed by atoms with Gasteiger partial charge in [0.1, 0.15) is 0 Å². The first-order chi connectivity index (χ1) is 15.5. The number of nitrogens with zero attached hydrogens (tertiary/aromatic N) is 3. The van der Waals surface area contributed by atoms with Crippen molar-refractivity contribution in [3.63, 3.8) is 0 Å². The standard InChI is InChI=1S/C26H45N5O/c1-6-23(7-2)25(32)31-18-15-24(16-19-31)29-26(27-8-3)28-17-14-21(4)30(5)20-22-12-10-9-11-13-22/h9-13,21,23-24H,6-8,14-20H2,1-5H3,(H2,27,28,29). The third kappa shape index (κ3) is 8.45. The van der Waals surface area contributed by atoms with E-state index in [9.17, 15) is 4.79 Å². The van der Waals surface area contributed by atoms with E-state index in [2.05, 4.69) is 85.5 Å². The fraction of sp³-hybridized carbons (Fsp3) is 0.692. The first kappa shape index (κ1) is 26.2. The number of carbonyl (C=O) groups is 1. The Morgan fingerprint density at radius 2 is 1.81 bits per heavy atom. The molecule has 1 atom stereocenters. The smallest absolute Gasteiger partial charge is 0.225 e. The lowest BCUT2D eigenvalue weighted by atomic mass is 9.98. The molecule has 0 spiro atoms. The van der Waals surface area contributed by atoms with E-state index in [4.69, 9.17) is 4.99 Å². The number of likely N-dealkylation sites (tertiary alicyclic amines) is 1. The second-order valence-electron chi connectivity index (χ2n) is 9.06. The van der Waals surface area contributed by atoms with Gasteiger partial charge in [-0.25, -0.2) is 0 Å². The predicted molar refractivity (Wildman–Crippen MR) is 135 cm³/mol. The minimum absolute atomic E-state index is 0.181. The Balaban J connectivity index is 1.78. The summed E-state index contributed by atoms with van der Waals surface area (Å²) in [5.41, 5.74) is 1.34. The van der Waals surface area contributed by atoms with E-state index in [1.807, 2.05) is 0 Å². The van der Waals surface area contributed by atoms with Crippen LogP contribution in [0.4, 0.5) is 0 Å². The minimum atomic E-state index is 0.181. The quantitative estimate of drug-likeness (QED) is 0.402. The first-order valence-electron chi connectivity index (χ1n) is 12.6. The zero-order valence-corrected chi connectivity index (χ0v) is 20.9. The highest BCUT2D eigenvalue weighted by Crippen LogP contribution is 2.17. The van der Waals surface area contributed by atoms with Gasteiger partial charge in [-0.1, -0.05) is 44.2 Å². The summed E-state index contributed by atoms with van der Waals surface area (Å²) in [6, 6.07) is 11.4. The number of carbonyl (C=O) groups excluding carboxylic acids is 1. The van der Waals surface area contributed by atoms with E-state index in [0.717, 1.165) is 70.8 Å². The fourth-order valence-corrected chi connectivity index (χ4v) is 4.26. The lowest BCUT2D eigenvalue weighted by molar-refractivity contribution is -0.136. The molecular formula is C26H45N5O. The Hall–Kier alpha value is -2.08. The maximum atomic E-state index is 12.6. The summed E-state index contributed by atoms with van der Waals surface area (Å²) in [5, 5.41) is 6.99. The molecule has 1 amide bonds. The van der Waals surface area contributed by atoms with Gasteiger partial charge in [-0.3, -0.25) is 14.7 Å². The number of hydrogen-bond donors (Lipinski definition) is 2. The zero-order valence-electron chi connectivity index (χ0n) is 20.9. The van der Waals surface area contributed by atoms with Gasteiger partial charge in [0.25, 0.3) is 0 Å². The Labute approximate surface area is 195 Å². The molecule has 1 saturated heterocycles. The molecule has 1 unspecified atom stereocenters. The number of hydrogen-bond acceptors (Lipinski definition) is 3. The molecule has 0 saturated carbocycles. The topological polar surface area (TPSA) is 60.0 Å². The van der Waals surface area contributed by atoms with Crippen molar-refractivity contribution in [1.29, 1.82) is 0 Å². The van der Waals surface area contributed by atoms with Crippen molar-refractivity contribution in [2.45, 2.75) is 78.4 Å². The van der Waals surface area contributed by atoms with Crippen LogP contribution >= 0.6 is 0 Å². The fourth-order valence-electron chi connectivity index (χ4n) is 4.26. The number of aliphatic imine (C=N–C) groups is 1. The molecule has 1 fully saturated rings. The SMILES string of the molecule is CCNC(=NCCC(C)N(C)Cc1ccccc1)NC1CCN(C(=O)C(CC)CC)CC1. The molecule has 2 N–H and O–H groups in total. The van der Waals surface area contributed by atoms with Gasteiger partial charge in [0, 0.05) is 50.7 Å². The number of piperidine rings is 1. The van der Waals surface area contributed by atoms with Crippen molar-refractivity contribution in [2.75, 3.05) is 33.2 Å². The van der Waals surface area contributed by atoms with Crippen LogP contribution < -0.4 is 10.6 Å². The summed E-state index contributed by atoms with van der Waals surface area (Å²) < 4.78 is 0. The molecule has 0 bridgehead atoms. The maximum absolute atomic E-state index is 12.6. The lowest BCUT2D eigenvalue weighted by Gasteiger charge is -2.35. The lowest BCUT2D eigenvalue weighted by Crippen LogP contribution is -2.50. The van der Waals surface area contributed by atoms with Crippen LogP contribution in [-0.4, -0.2) is 67.0 Å². The molecule has 1 heterocycles. The van der Waals surface area contributed by atoms with E-state index in [-0.39, 0.29) is 5.92 Å². The van der Waals surface area contributed by atoms with Crippen molar-refractivity contribution >= 4 is 11.9 Å². The average molecular weight is 444 g/mol. The van der Waals surface area contributed by atoms with Crippen LogP contribution in [0.25, 0.3) is 0 Å². The maximum Gasteiger partial charge on any atom is 0.225 e. The van der Waals surface area contributed by atoms with Crippen LogP contribution in [0.3, 0.4) is 0 Å². The molecule has 180 valence electrons. The Morgan fingerprint density at radius 3 is 2.41 bits per heavy atom. The van der Waals surface area contributed by atoms with Gasteiger partial charge in [-0.05, 0) is 58.6 Å². The first-order valence-corrected chi connectivity index (χ1v) is 12.6. The van der Waals surface area contributed by atoms with E-state index < -0.39 is 0 Å². The molecule has 1 aliphatic rings. The van der Waals surface area contributed by atoms with Gasteiger partial charge >= 0.3 is 0 Å². The molecule has 6 nitrogen and oxygen atoms in total. The van der Waals surface area contributed by atoms with Crippen molar-refractivity contribution in [2.24, 2.45) is 10.9 Å². The Morgan fingerprint density at radius 1 is 1.16 bits per heavy atom. The number of amides is 1. The predicted octanol–water partition coefficient (Wildman–Crippen LogP) is 3.88. The highest BCUT2D eigenvalue weighted by atomic mass is 16.2. The van der Waals surface area contributed by atoms with Crippen LogP contribution in [0, 0.1) is 5.92 Å². The Kier molecular flexibility index (Phi) is 11.6. The molecule has 0 aromatic heterocycles. The third-order valence-electron chi connectivity index (χ3n) is 6.67. The van der Waals surface area contributed by atoms with E-state index in [1.165, 1.54) is 5.56 Å². The van der Waals surface area contributed by atoms with Crippen molar-refractivity contribution in [3.8, 4) is 0 Å². The number of guanidine groups is 1. The molecule has 0 aliphatic carbocycles. The second-order valence-corrected chi connectivity index (χ2v) is 9.06. The van der Waals surface area contributed by atoms with Crippen LogP contribution in [0.15, 0.2) is 35.3 Å². The molecule has 1 aromatic rings. The number of rotatable bonds is 11. The summed E-state index contributed by atoms with van der Waals surface area (Å²) >= 11 is 0. The zero-order chi connectivity index (χ0) is 23.3. The van der Waals surface area contributed by atoms with Crippen LogP contribution in [-0.2, 0) is 11.3 Å². The summed E-state index contributed by atoms with van der Waals surface area (Å²) in [6.07, 6.45) is 4.84. The molecule has 0 radical (unpaired) electrons. The molecule has 2 rings (SSSR count). The number of benzene rings is 1. The van der Waals surface area contributed by atoms with Gasteiger partial charge in [-0.2, -0.15) is 0 Å². The highest BCUT2D eigenvalue weighted by molar-refractivity contribution is 5.80. The molecular weight excluding hydrogens is 398 g/mol. The molecule has 6 heteroatoms. The van der Waals surface area contributed by atoms with Crippen molar-refractivity contribution in [1.82, 2.24) is 20.4 Å². The third-order valence-corrected chi connectivity index (χ3v) is 6.67.